The largest absolute Gasteiger partial charge is 0.271 e. The monoisotopic (exact) mass is 209 g/mol. The van der Waals surface area contributed by atoms with E-state index in [0.29, 0.717) is 9.39 Å². The first kappa shape index (κ1) is 6.95. The molecule has 0 aromatic rings. The number of hydrogen-bond donors (Lipinski definition) is 1. The minimum absolute atomic E-state index is 0.300. The Labute approximate surface area is 63.2 Å². The summed E-state index contributed by atoms with van der Waals surface area (Å²) < 4.78 is 13.3. The van der Waals surface area contributed by atoms with Crippen LogP contribution in [0.15, 0.2) is 9.39 Å². The Morgan fingerprint density at radius 1 is 1.67 bits per heavy atom. The maximum Gasteiger partial charge on any atom is 0.271 e. The smallest absolute Gasteiger partial charge is 0.268 e. The molecule has 0 spiro atoms. The van der Waals surface area contributed by atoms with E-state index in [1.807, 2.05) is 0 Å². The molecular formula is C4H4BrNO2S. The predicted molar refractivity (Wildman–Crippen MR) is 37.9 cm³/mol. The standard InChI is InChI=1S/C4H4BrNO2S/c1-2-3(5)4(7)6-9(2)8/h1H3,(H,6,7). The van der Waals surface area contributed by atoms with Crippen LogP contribution < -0.4 is 4.72 Å². The average molecular weight is 210 g/mol. The Bertz CT molecular complexity index is 201. The van der Waals surface area contributed by atoms with E-state index in [-0.39, 0.29) is 5.91 Å². The summed E-state index contributed by atoms with van der Waals surface area (Å²) in [6, 6.07) is 0. The van der Waals surface area contributed by atoms with Crippen molar-refractivity contribution in [1.29, 1.82) is 0 Å². The van der Waals surface area contributed by atoms with E-state index in [0.717, 1.165) is 0 Å². The second-order valence-electron chi connectivity index (χ2n) is 1.57. The number of rotatable bonds is 0. The average Bonchev–Trinajstić information content (AvgIpc) is 1.98. The Morgan fingerprint density at radius 2 is 2.22 bits per heavy atom. The van der Waals surface area contributed by atoms with E-state index in [1.165, 1.54) is 0 Å². The van der Waals surface area contributed by atoms with Crippen molar-refractivity contribution in [2.75, 3.05) is 0 Å². The minimum Gasteiger partial charge on any atom is -0.268 e. The fourth-order valence-electron chi connectivity index (χ4n) is 0.447. The highest BCUT2D eigenvalue weighted by Gasteiger charge is 2.23. The highest BCUT2D eigenvalue weighted by Crippen LogP contribution is 2.19. The minimum atomic E-state index is -1.29. The molecule has 0 aromatic carbocycles. The van der Waals surface area contributed by atoms with Crippen LogP contribution in [0.5, 0.6) is 0 Å². The first-order valence-electron chi connectivity index (χ1n) is 2.22. The Hall–Kier alpha value is -0.160. The van der Waals surface area contributed by atoms with Gasteiger partial charge in [0.25, 0.3) is 5.91 Å². The lowest BCUT2D eigenvalue weighted by molar-refractivity contribution is -0.114. The number of allylic oxidation sites excluding steroid dienone is 1. The molecule has 0 aromatic heterocycles. The summed E-state index contributed by atoms with van der Waals surface area (Å²) in [7, 11) is -1.29. The topological polar surface area (TPSA) is 46.2 Å². The van der Waals surface area contributed by atoms with Gasteiger partial charge in [0.2, 0.25) is 0 Å². The number of nitrogens with one attached hydrogen (secondary N) is 1. The zero-order valence-electron chi connectivity index (χ0n) is 4.60. The molecule has 1 atom stereocenters. The van der Waals surface area contributed by atoms with E-state index < -0.39 is 11.0 Å². The van der Waals surface area contributed by atoms with Crippen LogP contribution in [0.2, 0.25) is 0 Å². The zero-order chi connectivity index (χ0) is 7.02. The van der Waals surface area contributed by atoms with Crippen molar-refractivity contribution >= 4 is 32.8 Å². The molecule has 0 aliphatic carbocycles. The Kier molecular flexibility index (Phi) is 1.72. The second-order valence-corrected chi connectivity index (χ2v) is 3.72. The SMILES string of the molecule is CC1=C(Br)C(=O)NS1=O. The van der Waals surface area contributed by atoms with Gasteiger partial charge in [-0.05, 0) is 22.9 Å². The van der Waals surface area contributed by atoms with Gasteiger partial charge in [-0.1, -0.05) is 0 Å². The van der Waals surface area contributed by atoms with Crippen molar-refractivity contribution in [2.24, 2.45) is 0 Å². The Morgan fingerprint density at radius 3 is 2.33 bits per heavy atom. The molecule has 1 aliphatic rings. The Balaban J connectivity index is 3.06. The molecule has 1 unspecified atom stereocenters. The molecule has 0 fully saturated rings. The number of carbonyl (C=O) groups excluding carboxylic acids is 1. The summed E-state index contributed by atoms with van der Waals surface area (Å²) in [6.45, 7) is 1.64. The van der Waals surface area contributed by atoms with Crippen molar-refractivity contribution in [3.63, 3.8) is 0 Å². The quantitative estimate of drug-likeness (QED) is 0.629. The molecular weight excluding hydrogens is 206 g/mol. The summed E-state index contributed by atoms with van der Waals surface area (Å²) in [4.78, 5) is 11.1. The summed E-state index contributed by atoms with van der Waals surface area (Å²) in [5.74, 6) is -0.300. The number of carbonyl (C=O) groups is 1. The molecule has 5 heteroatoms. The van der Waals surface area contributed by atoms with Gasteiger partial charge in [-0.15, -0.1) is 0 Å². The van der Waals surface area contributed by atoms with Gasteiger partial charge >= 0.3 is 0 Å². The predicted octanol–water partition coefficient (Wildman–Crippen LogP) is 0.406. The fraction of sp³-hybridized carbons (Fsp3) is 0.250. The van der Waals surface area contributed by atoms with Gasteiger partial charge in [-0.2, -0.15) is 0 Å². The fourth-order valence-corrected chi connectivity index (χ4v) is 1.80. The molecule has 0 bridgehead atoms. The normalized spacial score (nSPS) is 26.9. The van der Waals surface area contributed by atoms with Gasteiger partial charge in [-0.25, -0.2) is 4.21 Å². The zero-order valence-corrected chi connectivity index (χ0v) is 7.01. The lowest BCUT2D eigenvalue weighted by Crippen LogP contribution is -2.16. The van der Waals surface area contributed by atoms with Gasteiger partial charge < -0.3 is 0 Å². The second kappa shape index (κ2) is 2.22. The first-order chi connectivity index (χ1) is 4.13. The molecule has 1 rings (SSSR count). The summed E-state index contributed by atoms with van der Waals surface area (Å²) in [5.41, 5.74) is 0. The van der Waals surface area contributed by atoms with Crippen LogP contribution in [0.25, 0.3) is 0 Å². The van der Waals surface area contributed by atoms with E-state index in [9.17, 15) is 9.00 Å². The number of hydrogen-bond acceptors (Lipinski definition) is 2. The third-order valence-electron chi connectivity index (χ3n) is 0.972. The molecule has 1 amide bonds. The highest BCUT2D eigenvalue weighted by atomic mass is 79.9. The van der Waals surface area contributed by atoms with Crippen molar-refractivity contribution in [2.45, 2.75) is 6.92 Å². The van der Waals surface area contributed by atoms with Crippen LogP contribution in [0.4, 0.5) is 0 Å². The molecule has 1 aliphatic heterocycles. The van der Waals surface area contributed by atoms with Gasteiger partial charge in [0.1, 0.15) is 11.0 Å². The number of halogens is 1. The third-order valence-corrected chi connectivity index (χ3v) is 3.32. The molecule has 1 heterocycles. The van der Waals surface area contributed by atoms with E-state index in [1.54, 1.807) is 6.92 Å². The molecule has 50 valence electrons. The first-order valence-corrected chi connectivity index (χ1v) is 4.16. The maximum absolute atomic E-state index is 10.7. The third kappa shape index (κ3) is 1.07. The van der Waals surface area contributed by atoms with Crippen LogP contribution in [0.3, 0.4) is 0 Å². The van der Waals surface area contributed by atoms with Crippen LogP contribution in [0, 0.1) is 0 Å². The molecule has 0 radical (unpaired) electrons. The summed E-state index contributed by atoms with van der Waals surface area (Å²) in [5, 5.41) is 0. The van der Waals surface area contributed by atoms with Crippen molar-refractivity contribution < 1.29 is 9.00 Å². The molecule has 1 N–H and O–H groups in total. The molecule has 0 saturated heterocycles. The van der Waals surface area contributed by atoms with Crippen molar-refractivity contribution in [3.05, 3.63) is 9.39 Å². The van der Waals surface area contributed by atoms with Crippen LogP contribution in [-0.2, 0) is 15.8 Å². The van der Waals surface area contributed by atoms with Crippen molar-refractivity contribution in [1.82, 2.24) is 4.72 Å². The van der Waals surface area contributed by atoms with Crippen molar-refractivity contribution in [3.8, 4) is 0 Å². The summed E-state index contributed by atoms with van der Waals surface area (Å²) in [6.07, 6.45) is 0. The lowest BCUT2D eigenvalue weighted by atomic mass is 10.5. The number of amides is 1. The van der Waals surface area contributed by atoms with E-state index in [4.69, 9.17) is 0 Å². The van der Waals surface area contributed by atoms with Gasteiger partial charge in [0.15, 0.2) is 0 Å². The van der Waals surface area contributed by atoms with Gasteiger partial charge in [0, 0.05) is 0 Å². The van der Waals surface area contributed by atoms with Gasteiger partial charge in [0.05, 0.1) is 9.39 Å². The molecule has 9 heavy (non-hydrogen) atoms. The summed E-state index contributed by atoms with van der Waals surface area (Å²) >= 11 is 2.98. The highest BCUT2D eigenvalue weighted by molar-refractivity contribution is 9.12. The lowest BCUT2D eigenvalue weighted by Gasteiger charge is -1.86. The maximum atomic E-state index is 10.7. The van der Waals surface area contributed by atoms with Crippen LogP contribution in [-0.4, -0.2) is 10.1 Å². The van der Waals surface area contributed by atoms with E-state index >= 15 is 0 Å². The van der Waals surface area contributed by atoms with Crippen LogP contribution in [0.1, 0.15) is 6.92 Å². The van der Waals surface area contributed by atoms with Gasteiger partial charge in [-0.3, -0.25) is 9.52 Å². The van der Waals surface area contributed by atoms with Crippen LogP contribution >= 0.6 is 15.9 Å². The molecule has 0 saturated carbocycles. The molecule has 3 nitrogen and oxygen atoms in total. The van der Waals surface area contributed by atoms with E-state index in [2.05, 4.69) is 20.7 Å².